The Morgan fingerprint density at radius 3 is 2.55 bits per heavy atom. The predicted molar refractivity (Wildman–Crippen MR) is 123 cm³/mol. The number of carboxylic acid groups (broad SMARTS) is 2. The Hall–Kier alpha value is -2.95. The van der Waals surface area contributed by atoms with Gasteiger partial charge in [0.15, 0.2) is 0 Å². The number of aromatic nitrogens is 1. The van der Waals surface area contributed by atoms with E-state index in [1.807, 2.05) is 7.05 Å². The smallest absolute Gasteiger partial charge is 0.290 e. The van der Waals surface area contributed by atoms with E-state index >= 15 is 0 Å². The average molecular weight is 482 g/mol. The largest absolute Gasteiger partial charge is 0.483 e. The number of aliphatic hydroxyl groups is 1. The molecule has 0 unspecified atom stereocenters. The molecule has 1 amide bonds. The summed E-state index contributed by atoms with van der Waals surface area (Å²) in [6, 6.07) is 4.97. The van der Waals surface area contributed by atoms with Crippen molar-refractivity contribution in [2.45, 2.75) is 25.4 Å². The summed E-state index contributed by atoms with van der Waals surface area (Å²) in [7, 11) is 2.05. The highest BCUT2D eigenvalue weighted by molar-refractivity contribution is 6.31. The summed E-state index contributed by atoms with van der Waals surface area (Å²) in [5.41, 5.74) is 0.160. The summed E-state index contributed by atoms with van der Waals surface area (Å²) in [4.78, 5) is 49.7. The minimum absolute atomic E-state index is 0.139. The molecule has 180 valence electrons. The van der Waals surface area contributed by atoms with Crippen LogP contribution in [-0.4, -0.2) is 88.3 Å². The Bertz CT molecular complexity index is 1040. The molecule has 1 spiro atoms. The van der Waals surface area contributed by atoms with E-state index in [9.17, 15) is 14.7 Å². The Morgan fingerprint density at radius 1 is 1.21 bits per heavy atom. The van der Waals surface area contributed by atoms with Crippen LogP contribution in [0, 0.1) is 5.41 Å². The maximum Gasteiger partial charge on any atom is 0.290 e. The molecular weight excluding hydrogens is 454 g/mol. The number of aliphatic hydroxyl groups excluding tert-OH is 1. The summed E-state index contributed by atoms with van der Waals surface area (Å²) >= 11 is 5.98. The highest BCUT2D eigenvalue weighted by Crippen LogP contribution is 2.38. The van der Waals surface area contributed by atoms with Crippen LogP contribution in [0.5, 0.6) is 0 Å². The summed E-state index contributed by atoms with van der Waals surface area (Å²) in [6.45, 7) is 2.22. The molecule has 2 aliphatic heterocycles. The molecule has 0 aliphatic carbocycles. The number of likely N-dealkylation sites (tertiary alicyclic amines) is 2. The monoisotopic (exact) mass is 481 g/mol. The van der Waals surface area contributed by atoms with Gasteiger partial charge in [0.2, 0.25) is 5.43 Å². The van der Waals surface area contributed by atoms with Crippen molar-refractivity contribution in [3.63, 3.8) is 0 Å². The third kappa shape index (κ3) is 6.10. The maximum atomic E-state index is 13.1. The number of halogens is 1. The first-order valence-corrected chi connectivity index (χ1v) is 10.7. The van der Waals surface area contributed by atoms with Crippen LogP contribution < -0.4 is 5.43 Å². The van der Waals surface area contributed by atoms with Crippen LogP contribution in [-0.2, 0) is 9.59 Å². The molecule has 2 atom stereocenters. The molecule has 0 saturated carbocycles. The lowest BCUT2D eigenvalue weighted by atomic mass is 9.71. The first kappa shape index (κ1) is 26.3. The number of nitrogens with zero attached hydrogens (tertiary/aromatic N) is 2. The number of benzene rings is 1. The highest BCUT2D eigenvalue weighted by atomic mass is 35.5. The van der Waals surface area contributed by atoms with Crippen LogP contribution >= 0.6 is 11.6 Å². The lowest BCUT2D eigenvalue weighted by Crippen LogP contribution is -2.59. The van der Waals surface area contributed by atoms with Crippen LogP contribution in [0.4, 0.5) is 0 Å². The second kappa shape index (κ2) is 11.8. The van der Waals surface area contributed by atoms with Gasteiger partial charge in [-0.05, 0) is 44.5 Å². The van der Waals surface area contributed by atoms with Crippen LogP contribution in [0.25, 0.3) is 10.9 Å². The molecule has 2 aliphatic rings. The Labute approximate surface area is 195 Å². The van der Waals surface area contributed by atoms with Gasteiger partial charge in [-0.2, -0.15) is 0 Å². The van der Waals surface area contributed by atoms with Crippen molar-refractivity contribution in [3.05, 3.63) is 45.2 Å². The third-order valence-electron chi connectivity index (χ3n) is 6.04. The molecule has 2 saturated heterocycles. The number of aromatic amines is 1. The molecule has 1 aromatic carbocycles. The molecule has 4 N–H and O–H groups in total. The number of hydrogen-bond acceptors (Lipinski definition) is 6. The van der Waals surface area contributed by atoms with Crippen LogP contribution in [0.15, 0.2) is 29.2 Å². The van der Waals surface area contributed by atoms with Gasteiger partial charge in [-0.15, -0.1) is 0 Å². The molecule has 0 radical (unpaired) electrons. The molecule has 10 nitrogen and oxygen atoms in total. The highest BCUT2D eigenvalue weighted by Gasteiger charge is 2.45. The fourth-order valence-corrected chi connectivity index (χ4v) is 4.80. The van der Waals surface area contributed by atoms with E-state index in [0.29, 0.717) is 29.0 Å². The van der Waals surface area contributed by atoms with Gasteiger partial charge in [0.05, 0.1) is 11.6 Å². The zero-order valence-electron chi connectivity index (χ0n) is 18.2. The Morgan fingerprint density at radius 2 is 1.88 bits per heavy atom. The summed E-state index contributed by atoms with van der Waals surface area (Å²) < 4.78 is 0. The summed E-state index contributed by atoms with van der Waals surface area (Å²) in [5.74, 6) is -0.271. The van der Waals surface area contributed by atoms with E-state index < -0.39 is 6.10 Å². The maximum absolute atomic E-state index is 13.1. The van der Waals surface area contributed by atoms with Gasteiger partial charge in [-0.3, -0.25) is 19.2 Å². The number of pyridine rings is 1. The summed E-state index contributed by atoms with van der Waals surface area (Å²) in [5, 5.41) is 25.4. The minimum atomic E-state index is -0.415. The second-order valence-corrected chi connectivity index (χ2v) is 8.60. The lowest BCUT2D eigenvalue weighted by Gasteiger charge is -2.50. The number of H-pyrrole nitrogens is 1. The van der Waals surface area contributed by atoms with Crippen LogP contribution in [0.2, 0.25) is 5.02 Å². The lowest BCUT2D eigenvalue weighted by molar-refractivity contribution is -0.123. The molecule has 2 aromatic rings. The van der Waals surface area contributed by atoms with E-state index in [1.54, 1.807) is 23.1 Å². The Balaban J connectivity index is 0.000000582. The van der Waals surface area contributed by atoms with Crippen molar-refractivity contribution in [2.75, 3.05) is 33.2 Å². The number of rotatable bonds is 1. The van der Waals surface area contributed by atoms with E-state index in [0.717, 1.165) is 32.4 Å². The van der Waals surface area contributed by atoms with Crippen molar-refractivity contribution < 1.29 is 29.7 Å². The fourth-order valence-electron chi connectivity index (χ4n) is 4.63. The standard InChI is InChI=1S/C20H24ClN3O3.2CH2O2/c1-23-8-5-17(25)20(11-23)6-2-7-24(12-20)19(27)15-10-22-16-9-13(21)3-4-14(16)18(15)26;2*2-1-3/h3-4,9-10,17,25H,2,5-8,11-12H2,1H3,(H,22,26);2*1H,(H,2,3)/t17-,20-;;/m0../s1. The molecule has 1 aromatic heterocycles. The molecule has 0 bridgehead atoms. The minimum Gasteiger partial charge on any atom is -0.483 e. The first-order valence-electron chi connectivity index (χ1n) is 10.4. The zero-order valence-corrected chi connectivity index (χ0v) is 19.0. The number of carbonyl (C=O) groups excluding carboxylic acids is 1. The van der Waals surface area contributed by atoms with Gasteiger partial charge < -0.3 is 30.1 Å². The molecule has 2 fully saturated rings. The van der Waals surface area contributed by atoms with Crippen molar-refractivity contribution >= 4 is 41.4 Å². The van der Waals surface area contributed by atoms with Gasteiger partial charge in [-0.1, -0.05) is 11.6 Å². The topological polar surface area (TPSA) is 151 Å². The second-order valence-electron chi connectivity index (χ2n) is 8.17. The molecule has 3 heterocycles. The van der Waals surface area contributed by atoms with E-state index in [4.69, 9.17) is 31.4 Å². The first-order chi connectivity index (χ1) is 15.7. The fraction of sp³-hybridized carbons (Fsp3) is 0.455. The Kier molecular flexibility index (Phi) is 9.39. The van der Waals surface area contributed by atoms with Crippen LogP contribution in [0.1, 0.15) is 29.6 Å². The van der Waals surface area contributed by atoms with Gasteiger partial charge >= 0.3 is 0 Å². The van der Waals surface area contributed by atoms with Crippen molar-refractivity contribution in [1.82, 2.24) is 14.8 Å². The third-order valence-corrected chi connectivity index (χ3v) is 6.28. The number of amides is 1. The quantitative estimate of drug-likeness (QED) is 0.447. The molecule has 33 heavy (non-hydrogen) atoms. The average Bonchev–Trinajstić information content (AvgIpc) is 2.77. The van der Waals surface area contributed by atoms with E-state index in [-0.39, 0.29) is 35.3 Å². The van der Waals surface area contributed by atoms with E-state index in [1.165, 1.54) is 6.20 Å². The van der Waals surface area contributed by atoms with Gasteiger partial charge in [-0.25, -0.2) is 0 Å². The normalized spacial score (nSPS) is 22.5. The molecular formula is C22H28ClN3O7. The molecule has 11 heteroatoms. The number of nitrogens with one attached hydrogen (secondary N) is 1. The van der Waals surface area contributed by atoms with Gasteiger partial charge in [0, 0.05) is 48.2 Å². The number of piperidine rings is 2. The van der Waals surface area contributed by atoms with Crippen molar-refractivity contribution in [2.24, 2.45) is 5.41 Å². The number of fused-ring (bicyclic) bond motifs is 1. The molecule has 4 rings (SSSR count). The van der Waals surface area contributed by atoms with Gasteiger partial charge in [0.1, 0.15) is 5.56 Å². The number of hydrogen-bond donors (Lipinski definition) is 4. The predicted octanol–water partition coefficient (Wildman–Crippen LogP) is 1.50. The number of carbonyl (C=O) groups is 3. The van der Waals surface area contributed by atoms with Gasteiger partial charge in [0.25, 0.3) is 18.9 Å². The SMILES string of the molecule is CN1CC[C@H](O)[C@@]2(CCCN(C(=O)c3c[nH]c4cc(Cl)ccc4c3=O)C2)C1.O=CO.O=CO. The van der Waals surface area contributed by atoms with Crippen molar-refractivity contribution in [1.29, 1.82) is 0 Å². The summed E-state index contributed by atoms with van der Waals surface area (Å²) in [6.07, 6.45) is 3.51. The zero-order chi connectivity index (χ0) is 24.6. The van der Waals surface area contributed by atoms with Crippen molar-refractivity contribution in [3.8, 4) is 0 Å². The van der Waals surface area contributed by atoms with E-state index in [2.05, 4.69) is 9.88 Å². The van der Waals surface area contributed by atoms with Crippen LogP contribution in [0.3, 0.4) is 0 Å².